The fraction of sp³-hybridized carbons (Fsp3) is 0.250. The van der Waals surface area contributed by atoms with E-state index in [4.69, 9.17) is 4.74 Å². The lowest BCUT2D eigenvalue weighted by Crippen LogP contribution is -2.15. The Morgan fingerprint density at radius 1 is 1.05 bits per heavy atom. The standard InChI is InChI=1S/C16H14Br2O3S/c1-8-4-10(3)11(5-9(8)2)13(19)7-21-16(20)14-6-12(17)15(18)22-14/h4-6H,7H2,1-3H3. The summed E-state index contributed by atoms with van der Waals surface area (Å²) in [5.41, 5.74) is 3.68. The first-order valence-electron chi connectivity index (χ1n) is 6.52. The molecule has 0 atom stereocenters. The Morgan fingerprint density at radius 3 is 2.27 bits per heavy atom. The predicted molar refractivity (Wildman–Crippen MR) is 95.0 cm³/mol. The maximum Gasteiger partial charge on any atom is 0.348 e. The summed E-state index contributed by atoms with van der Waals surface area (Å²) in [5.74, 6) is -0.685. The van der Waals surface area contributed by atoms with E-state index in [2.05, 4.69) is 31.9 Å². The molecule has 2 aromatic rings. The van der Waals surface area contributed by atoms with Gasteiger partial charge in [-0.1, -0.05) is 6.07 Å². The lowest BCUT2D eigenvalue weighted by Gasteiger charge is -2.09. The van der Waals surface area contributed by atoms with E-state index in [-0.39, 0.29) is 12.4 Å². The molecule has 0 radical (unpaired) electrons. The van der Waals surface area contributed by atoms with Gasteiger partial charge in [0, 0.05) is 10.0 Å². The maximum atomic E-state index is 12.2. The average molecular weight is 446 g/mol. The van der Waals surface area contributed by atoms with E-state index in [1.807, 2.05) is 32.9 Å². The third-order valence-electron chi connectivity index (χ3n) is 3.32. The highest BCUT2D eigenvalue weighted by Gasteiger charge is 2.17. The molecule has 6 heteroatoms. The summed E-state index contributed by atoms with van der Waals surface area (Å²) in [7, 11) is 0. The van der Waals surface area contributed by atoms with Crippen LogP contribution in [0.5, 0.6) is 0 Å². The van der Waals surface area contributed by atoms with Crippen LogP contribution in [0.2, 0.25) is 0 Å². The Bertz CT molecular complexity index is 731. The van der Waals surface area contributed by atoms with E-state index < -0.39 is 5.97 Å². The van der Waals surface area contributed by atoms with E-state index in [1.54, 1.807) is 6.07 Å². The molecule has 1 aromatic heterocycles. The molecule has 1 aromatic carbocycles. The second kappa shape index (κ2) is 7.06. The summed E-state index contributed by atoms with van der Waals surface area (Å²) in [4.78, 5) is 24.6. The Balaban J connectivity index is 2.07. The van der Waals surface area contributed by atoms with E-state index >= 15 is 0 Å². The zero-order chi connectivity index (χ0) is 16.4. The number of carbonyl (C=O) groups excluding carboxylic acids is 2. The topological polar surface area (TPSA) is 43.4 Å². The van der Waals surface area contributed by atoms with Crippen LogP contribution in [-0.2, 0) is 4.74 Å². The number of aryl methyl sites for hydroxylation is 3. The van der Waals surface area contributed by atoms with Crippen LogP contribution >= 0.6 is 43.2 Å². The molecule has 1 heterocycles. The van der Waals surface area contributed by atoms with E-state index in [1.165, 1.54) is 11.3 Å². The third kappa shape index (κ3) is 3.86. The molecule has 3 nitrogen and oxygen atoms in total. The number of halogens is 2. The number of hydrogen-bond acceptors (Lipinski definition) is 4. The van der Waals surface area contributed by atoms with Crippen LogP contribution in [0.3, 0.4) is 0 Å². The predicted octanol–water partition coefficient (Wildman–Crippen LogP) is 5.24. The maximum absolute atomic E-state index is 12.2. The van der Waals surface area contributed by atoms with Crippen LogP contribution in [0.4, 0.5) is 0 Å². The van der Waals surface area contributed by atoms with Gasteiger partial charge in [0.05, 0.1) is 3.79 Å². The second-order valence-corrected chi connectivity index (χ2v) is 8.21. The molecular weight excluding hydrogens is 432 g/mol. The minimum atomic E-state index is -0.494. The van der Waals surface area contributed by atoms with Gasteiger partial charge in [-0.3, -0.25) is 4.79 Å². The highest BCUT2D eigenvalue weighted by molar-refractivity contribution is 9.13. The number of ether oxygens (including phenoxy) is 1. The van der Waals surface area contributed by atoms with Crippen molar-refractivity contribution in [2.45, 2.75) is 20.8 Å². The summed E-state index contributed by atoms with van der Waals surface area (Å²) >= 11 is 7.90. The number of rotatable bonds is 4. The quantitative estimate of drug-likeness (QED) is 0.477. The second-order valence-electron chi connectivity index (χ2n) is 4.98. The Kier molecular flexibility index (Phi) is 5.58. The van der Waals surface area contributed by atoms with Gasteiger partial charge in [-0.25, -0.2) is 4.79 Å². The number of thiophene rings is 1. The average Bonchev–Trinajstić information content (AvgIpc) is 2.79. The van der Waals surface area contributed by atoms with Crippen molar-refractivity contribution in [3.63, 3.8) is 0 Å². The molecule has 0 saturated carbocycles. The van der Waals surface area contributed by atoms with Gasteiger partial charge in [-0.15, -0.1) is 11.3 Å². The van der Waals surface area contributed by atoms with Crippen molar-refractivity contribution in [2.75, 3.05) is 6.61 Å². The summed E-state index contributed by atoms with van der Waals surface area (Å²) in [6.45, 7) is 5.59. The van der Waals surface area contributed by atoms with E-state index in [0.29, 0.717) is 10.4 Å². The van der Waals surface area contributed by atoms with Gasteiger partial charge < -0.3 is 4.74 Å². The molecule has 0 bridgehead atoms. The molecular formula is C16H14Br2O3S. The first kappa shape index (κ1) is 17.4. The molecule has 22 heavy (non-hydrogen) atoms. The summed E-state index contributed by atoms with van der Waals surface area (Å²) < 4.78 is 6.73. The summed E-state index contributed by atoms with van der Waals surface area (Å²) in [6, 6.07) is 5.49. The zero-order valence-electron chi connectivity index (χ0n) is 12.3. The van der Waals surface area contributed by atoms with Crippen LogP contribution in [0.1, 0.15) is 36.7 Å². The van der Waals surface area contributed by atoms with Crippen molar-refractivity contribution in [3.8, 4) is 0 Å². The van der Waals surface area contributed by atoms with E-state index in [9.17, 15) is 9.59 Å². The molecule has 2 rings (SSSR count). The molecule has 0 saturated heterocycles. The van der Waals surface area contributed by atoms with Crippen LogP contribution in [0.25, 0.3) is 0 Å². The Morgan fingerprint density at radius 2 is 1.68 bits per heavy atom. The van der Waals surface area contributed by atoms with Crippen molar-refractivity contribution in [3.05, 3.63) is 53.6 Å². The highest BCUT2D eigenvalue weighted by Crippen LogP contribution is 2.32. The van der Waals surface area contributed by atoms with Crippen molar-refractivity contribution in [1.82, 2.24) is 0 Å². The van der Waals surface area contributed by atoms with Crippen molar-refractivity contribution >= 4 is 54.9 Å². The first-order valence-corrected chi connectivity index (χ1v) is 8.93. The molecule has 0 fully saturated rings. The minimum Gasteiger partial charge on any atom is -0.453 e. The summed E-state index contributed by atoms with van der Waals surface area (Å²) in [6.07, 6.45) is 0. The van der Waals surface area contributed by atoms with Crippen molar-refractivity contribution in [1.29, 1.82) is 0 Å². The van der Waals surface area contributed by atoms with Crippen LogP contribution in [0, 0.1) is 20.8 Å². The molecule has 0 aliphatic rings. The van der Waals surface area contributed by atoms with E-state index in [0.717, 1.165) is 24.9 Å². The fourth-order valence-corrected chi connectivity index (χ4v) is 3.92. The van der Waals surface area contributed by atoms with Gasteiger partial charge in [-0.05, 0) is 81.5 Å². The van der Waals surface area contributed by atoms with Gasteiger partial charge in [0.2, 0.25) is 5.78 Å². The number of esters is 1. The van der Waals surface area contributed by atoms with Crippen molar-refractivity contribution < 1.29 is 14.3 Å². The molecule has 116 valence electrons. The smallest absolute Gasteiger partial charge is 0.348 e. The normalized spacial score (nSPS) is 10.6. The lowest BCUT2D eigenvalue weighted by molar-refractivity contribution is 0.0479. The Labute approximate surface area is 149 Å². The molecule has 0 N–H and O–H groups in total. The van der Waals surface area contributed by atoms with Gasteiger partial charge in [0.15, 0.2) is 6.61 Å². The van der Waals surface area contributed by atoms with Gasteiger partial charge in [0.1, 0.15) is 4.88 Å². The number of hydrogen-bond donors (Lipinski definition) is 0. The van der Waals surface area contributed by atoms with Gasteiger partial charge >= 0.3 is 5.97 Å². The molecule has 0 amide bonds. The SMILES string of the molecule is Cc1cc(C)c(C(=O)COC(=O)c2cc(Br)c(Br)s2)cc1C. The van der Waals surface area contributed by atoms with Gasteiger partial charge in [0.25, 0.3) is 0 Å². The van der Waals surface area contributed by atoms with Crippen LogP contribution in [0.15, 0.2) is 26.5 Å². The largest absolute Gasteiger partial charge is 0.453 e. The van der Waals surface area contributed by atoms with Crippen LogP contribution < -0.4 is 0 Å². The minimum absolute atomic E-state index is 0.191. The fourth-order valence-electron chi connectivity index (χ4n) is 1.99. The number of benzene rings is 1. The monoisotopic (exact) mass is 444 g/mol. The number of Topliss-reactive ketones (excluding diaryl/α,β-unsaturated/α-hetero) is 1. The summed E-state index contributed by atoms with van der Waals surface area (Å²) in [5, 5.41) is 0. The Hall–Kier alpha value is -0.980. The number of ketones is 1. The zero-order valence-corrected chi connectivity index (χ0v) is 16.3. The number of carbonyl (C=O) groups is 2. The molecule has 0 unspecified atom stereocenters. The van der Waals surface area contributed by atoms with Crippen molar-refractivity contribution in [2.24, 2.45) is 0 Å². The lowest BCUT2D eigenvalue weighted by atomic mass is 9.98. The highest BCUT2D eigenvalue weighted by atomic mass is 79.9. The molecule has 0 spiro atoms. The molecule has 0 aliphatic heterocycles. The first-order chi connectivity index (χ1) is 10.3. The van der Waals surface area contributed by atoms with Crippen LogP contribution in [-0.4, -0.2) is 18.4 Å². The molecule has 0 aliphatic carbocycles. The van der Waals surface area contributed by atoms with Gasteiger partial charge in [-0.2, -0.15) is 0 Å². The third-order valence-corrected chi connectivity index (χ3v) is 6.56.